The van der Waals surface area contributed by atoms with Gasteiger partial charge in [-0.25, -0.2) is 0 Å². The average Bonchev–Trinajstić information content (AvgIpc) is 2.83. The first-order valence-electron chi connectivity index (χ1n) is 7.45. The number of likely N-dealkylation sites (tertiary alicyclic amines) is 1. The van der Waals surface area contributed by atoms with Crippen LogP contribution < -0.4 is 10.1 Å². The summed E-state index contributed by atoms with van der Waals surface area (Å²) < 4.78 is 5.04. The summed E-state index contributed by atoms with van der Waals surface area (Å²) >= 11 is 0. The number of rotatable bonds is 3. The van der Waals surface area contributed by atoms with E-state index in [0.717, 1.165) is 25.7 Å². The van der Waals surface area contributed by atoms with Crippen LogP contribution in [0.2, 0.25) is 0 Å². The molecule has 0 atom stereocenters. The number of carbonyl (C=O) groups excluding carboxylic acids is 2. The van der Waals surface area contributed by atoms with Crippen molar-refractivity contribution in [2.75, 3.05) is 25.5 Å². The number of hydrogen-bond donors (Lipinski definition) is 1. The molecule has 8 heteroatoms. The predicted octanol–water partition coefficient (Wildman–Crippen LogP) is 1.94. The monoisotopic (exact) mass is 321 g/mol. The van der Waals surface area contributed by atoms with Crippen molar-refractivity contribution in [3.63, 3.8) is 0 Å². The smallest absolute Gasteiger partial charge is 0.314 e. The van der Waals surface area contributed by atoms with E-state index in [-0.39, 0.29) is 17.1 Å². The Morgan fingerprint density at radius 3 is 2.43 bits per heavy atom. The second-order valence-corrected chi connectivity index (χ2v) is 5.30. The van der Waals surface area contributed by atoms with Gasteiger partial charge in [0.15, 0.2) is 0 Å². The molecule has 1 N–H and O–H groups in total. The van der Waals surface area contributed by atoms with Crippen LogP contribution in [0.5, 0.6) is 5.75 Å². The molecular formula is C15H19N3O5. The zero-order valence-electron chi connectivity index (χ0n) is 12.9. The van der Waals surface area contributed by atoms with E-state index in [2.05, 4.69) is 5.32 Å². The zero-order valence-corrected chi connectivity index (χ0v) is 12.9. The number of nitro groups is 1. The Hall–Kier alpha value is -2.64. The fourth-order valence-corrected chi connectivity index (χ4v) is 2.49. The fourth-order valence-electron chi connectivity index (χ4n) is 2.49. The van der Waals surface area contributed by atoms with Gasteiger partial charge in [-0.05, 0) is 18.9 Å². The average molecular weight is 321 g/mol. The number of benzene rings is 1. The van der Waals surface area contributed by atoms with E-state index in [1.165, 1.54) is 25.3 Å². The van der Waals surface area contributed by atoms with Crippen molar-refractivity contribution in [1.29, 1.82) is 0 Å². The van der Waals surface area contributed by atoms with Gasteiger partial charge < -0.3 is 15.0 Å². The van der Waals surface area contributed by atoms with Crippen molar-refractivity contribution in [1.82, 2.24) is 4.90 Å². The van der Waals surface area contributed by atoms with E-state index < -0.39 is 16.7 Å². The van der Waals surface area contributed by atoms with Gasteiger partial charge in [-0.3, -0.25) is 19.7 Å². The standard InChI is InChI=1S/C15H19N3O5/c1-23-13-10-11(18(21)22)6-7-12(13)16-14(19)15(20)17-8-4-2-3-5-9-17/h6-7,10H,2-5,8-9H2,1H3,(H,16,19). The number of non-ortho nitro benzene ring substituents is 1. The van der Waals surface area contributed by atoms with E-state index in [4.69, 9.17) is 4.74 Å². The Kier molecular flexibility index (Phi) is 5.51. The maximum atomic E-state index is 12.2. The van der Waals surface area contributed by atoms with Crippen LogP contribution in [0.15, 0.2) is 18.2 Å². The molecule has 2 amide bonds. The van der Waals surface area contributed by atoms with E-state index >= 15 is 0 Å². The van der Waals surface area contributed by atoms with Crippen LogP contribution in [-0.4, -0.2) is 41.8 Å². The lowest BCUT2D eigenvalue weighted by Crippen LogP contribution is -2.40. The number of anilines is 1. The van der Waals surface area contributed by atoms with Gasteiger partial charge in [0.1, 0.15) is 5.75 Å². The largest absolute Gasteiger partial charge is 0.494 e. The Bertz CT molecular complexity index is 609. The summed E-state index contributed by atoms with van der Waals surface area (Å²) in [6, 6.07) is 3.80. The molecule has 0 spiro atoms. The highest BCUT2D eigenvalue weighted by Gasteiger charge is 2.24. The minimum atomic E-state index is -0.765. The zero-order chi connectivity index (χ0) is 16.8. The molecule has 0 saturated carbocycles. The molecule has 0 aliphatic carbocycles. The summed E-state index contributed by atoms with van der Waals surface area (Å²) in [5, 5.41) is 13.2. The minimum absolute atomic E-state index is 0.135. The number of nitro benzene ring substituents is 1. The van der Waals surface area contributed by atoms with Gasteiger partial charge in [0.2, 0.25) is 0 Å². The number of hydrogen-bond acceptors (Lipinski definition) is 5. The maximum Gasteiger partial charge on any atom is 0.314 e. The molecule has 0 aromatic heterocycles. The van der Waals surface area contributed by atoms with Crippen molar-refractivity contribution >= 4 is 23.2 Å². The Labute approximate surface area is 133 Å². The Morgan fingerprint density at radius 2 is 1.87 bits per heavy atom. The highest BCUT2D eigenvalue weighted by Crippen LogP contribution is 2.29. The van der Waals surface area contributed by atoms with Crippen LogP contribution in [0.25, 0.3) is 0 Å². The number of nitrogens with one attached hydrogen (secondary N) is 1. The second kappa shape index (κ2) is 7.57. The van der Waals surface area contributed by atoms with Crippen LogP contribution in [0.4, 0.5) is 11.4 Å². The molecule has 0 radical (unpaired) electrons. The van der Waals surface area contributed by atoms with Crippen molar-refractivity contribution in [2.24, 2.45) is 0 Å². The van der Waals surface area contributed by atoms with E-state index in [9.17, 15) is 19.7 Å². The SMILES string of the molecule is COc1cc([N+](=O)[O-])ccc1NC(=O)C(=O)N1CCCCCC1. The Morgan fingerprint density at radius 1 is 1.22 bits per heavy atom. The lowest BCUT2D eigenvalue weighted by molar-refractivity contribution is -0.384. The first-order valence-corrected chi connectivity index (χ1v) is 7.45. The molecule has 1 fully saturated rings. The fraction of sp³-hybridized carbons (Fsp3) is 0.467. The number of methoxy groups -OCH3 is 1. The molecule has 1 heterocycles. The van der Waals surface area contributed by atoms with Crippen LogP contribution in [0.1, 0.15) is 25.7 Å². The molecule has 1 saturated heterocycles. The quantitative estimate of drug-likeness (QED) is 0.521. The van der Waals surface area contributed by atoms with Gasteiger partial charge in [0.25, 0.3) is 5.69 Å². The van der Waals surface area contributed by atoms with Gasteiger partial charge in [-0.15, -0.1) is 0 Å². The normalized spacial score (nSPS) is 14.7. The van der Waals surface area contributed by atoms with Crippen molar-refractivity contribution in [3.05, 3.63) is 28.3 Å². The number of nitrogens with zero attached hydrogens (tertiary/aromatic N) is 2. The summed E-state index contributed by atoms with van der Waals surface area (Å²) in [6.45, 7) is 1.15. The van der Waals surface area contributed by atoms with Crippen LogP contribution in [-0.2, 0) is 9.59 Å². The minimum Gasteiger partial charge on any atom is -0.494 e. The topological polar surface area (TPSA) is 102 Å². The highest BCUT2D eigenvalue weighted by atomic mass is 16.6. The molecule has 1 aromatic rings. The van der Waals surface area contributed by atoms with Crippen LogP contribution in [0.3, 0.4) is 0 Å². The number of carbonyl (C=O) groups is 2. The summed E-state index contributed by atoms with van der Waals surface area (Å²) in [7, 11) is 1.34. The van der Waals surface area contributed by atoms with E-state index in [1.807, 2.05) is 0 Å². The molecule has 2 rings (SSSR count). The van der Waals surface area contributed by atoms with Crippen molar-refractivity contribution in [2.45, 2.75) is 25.7 Å². The number of ether oxygens (including phenoxy) is 1. The molecule has 23 heavy (non-hydrogen) atoms. The van der Waals surface area contributed by atoms with Gasteiger partial charge in [0, 0.05) is 19.2 Å². The second-order valence-electron chi connectivity index (χ2n) is 5.30. The lowest BCUT2D eigenvalue weighted by Gasteiger charge is -2.19. The third kappa shape index (κ3) is 4.18. The Balaban J connectivity index is 2.09. The highest BCUT2D eigenvalue weighted by molar-refractivity contribution is 6.39. The van der Waals surface area contributed by atoms with Gasteiger partial charge >= 0.3 is 11.8 Å². The third-order valence-corrected chi connectivity index (χ3v) is 3.73. The molecule has 0 unspecified atom stereocenters. The summed E-state index contributed by atoms with van der Waals surface area (Å²) in [6.07, 6.45) is 3.89. The van der Waals surface area contributed by atoms with Crippen LogP contribution in [0, 0.1) is 10.1 Å². The van der Waals surface area contributed by atoms with Crippen molar-refractivity contribution < 1.29 is 19.2 Å². The summed E-state index contributed by atoms with van der Waals surface area (Å²) in [5.74, 6) is -1.22. The third-order valence-electron chi connectivity index (χ3n) is 3.73. The van der Waals surface area contributed by atoms with Crippen LogP contribution >= 0.6 is 0 Å². The predicted molar refractivity (Wildman–Crippen MR) is 83.3 cm³/mol. The number of amides is 2. The molecular weight excluding hydrogens is 302 g/mol. The molecule has 1 aliphatic heterocycles. The molecule has 0 bridgehead atoms. The first kappa shape index (κ1) is 16.7. The summed E-state index contributed by atoms with van der Waals surface area (Å²) in [4.78, 5) is 36.0. The van der Waals surface area contributed by atoms with E-state index in [0.29, 0.717) is 13.1 Å². The first-order chi connectivity index (χ1) is 11.0. The van der Waals surface area contributed by atoms with Gasteiger partial charge in [-0.2, -0.15) is 0 Å². The maximum absolute atomic E-state index is 12.2. The van der Waals surface area contributed by atoms with Gasteiger partial charge in [0.05, 0.1) is 23.8 Å². The molecule has 8 nitrogen and oxygen atoms in total. The molecule has 1 aromatic carbocycles. The van der Waals surface area contributed by atoms with E-state index in [1.54, 1.807) is 4.90 Å². The van der Waals surface area contributed by atoms with Crippen molar-refractivity contribution in [3.8, 4) is 5.75 Å². The molecule has 1 aliphatic rings. The lowest BCUT2D eigenvalue weighted by atomic mass is 10.2. The van der Waals surface area contributed by atoms with Gasteiger partial charge in [-0.1, -0.05) is 12.8 Å². The molecule has 124 valence electrons. The summed E-state index contributed by atoms with van der Waals surface area (Å²) in [5.41, 5.74) is 0.0740.